The number of anilines is 7. The molecule has 0 amide bonds. The standard InChI is InChI=1S/C63H74BN3Si/c1-58(2,3)42-27-30-51(46(36-42)41-22-15-14-16-23-41)65-53-37-43(59(4,5)6)26-29-49(53)64-50-25-21-24-47-57(50)67(63(10)35-20-17-32-60(47,63)7)55-39-44(38-54(65)56(55)64)66-52-31-28-45(68(11,12)13)40-48(52)61(8)33-18-19-34-62(61,66)9/h14-16,21-31,36-40H,17-20,32-35H2,1-13H3. The summed E-state index contributed by atoms with van der Waals surface area (Å²) in [4.78, 5) is 8.58. The number of hydrogen-bond acceptors (Lipinski definition) is 3. The third-order valence-electron chi connectivity index (χ3n) is 19.2. The number of hydrogen-bond donors (Lipinski definition) is 0. The molecule has 6 aromatic carbocycles. The first-order valence-electron chi connectivity index (χ1n) is 26.3. The molecule has 6 aromatic rings. The monoisotopic (exact) mass is 912 g/mol. The van der Waals surface area contributed by atoms with Crippen LogP contribution in [0.5, 0.6) is 0 Å². The van der Waals surface area contributed by atoms with Crippen LogP contribution in [0.3, 0.4) is 0 Å². The van der Waals surface area contributed by atoms with Crippen LogP contribution in [0.15, 0.2) is 115 Å². The molecule has 0 spiro atoms. The fourth-order valence-electron chi connectivity index (χ4n) is 14.8. The molecule has 0 bridgehead atoms. The number of rotatable bonds is 4. The molecular weight excluding hydrogens is 838 g/mol. The van der Waals surface area contributed by atoms with Crippen LogP contribution >= 0.6 is 0 Å². The Bertz CT molecular complexity index is 3080. The Morgan fingerprint density at radius 3 is 1.78 bits per heavy atom. The lowest BCUT2D eigenvalue weighted by molar-refractivity contribution is 0.194. The second-order valence-corrected chi connectivity index (χ2v) is 31.1. The number of para-hydroxylation sites is 1. The van der Waals surface area contributed by atoms with Gasteiger partial charge >= 0.3 is 0 Å². The fraction of sp³-hybridized carbons (Fsp3) is 0.429. The van der Waals surface area contributed by atoms with Crippen LogP contribution in [0.4, 0.5) is 39.8 Å². The van der Waals surface area contributed by atoms with Gasteiger partial charge in [0.05, 0.1) is 24.8 Å². The molecule has 0 N–H and O–H groups in total. The maximum absolute atomic E-state index is 2.94. The maximum Gasteiger partial charge on any atom is 0.252 e. The molecule has 5 heteroatoms. The van der Waals surface area contributed by atoms with Crippen LogP contribution in [0.1, 0.15) is 143 Å². The largest absolute Gasteiger partial charge is 0.335 e. The molecule has 2 fully saturated rings. The average Bonchev–Trinajstić information content (AvgIpc) is 3.64. The van der Waals surface area contributed by atoms with Gasteiger partial charge in [-0.1, -0.05) is 185 Å². The van der Waals surface area contributed by atoms with E-state index >= 15 is 0 Å². The van der Waals surface area contributed by atoms with Gasteiger partial charge in [0.15, 0.2) is 0 Å². The van der Waals surface area contributed by atoms with E-state index in [1.54, 1.807) is 16.3 Å². The quantitative estimate of drug-likeness (QED) is 0.163. The summed E-state index contributed by atoms with van der Waals surface area (Å²) >= 11 is 0. The lowest BCUT2D eigenvalue weighted by Gasteiger charge is -2.54. The van der Waals surface area contributed by atoms with Crippen LogP contribution < -0.4 is 36.3 Å². The molecule has 2 aliphatic carbocycles. The summed E-state index contributed by atoms with van der Waals surface area (Å²) < 4.78 is 0. The third-order valence-corrected chi connectivity index (χ3v) is 21.3. The van der Waals surface area contributed by atoms with Crippen molar-refractivity contribution in [3.63, 3.8) is 0 Å². The first kappa shape index (κ1) is 44.2. The molecule has 348 valence electrons. The minimum absolute atomic E-state index is 0.00864. The Labute approximate surface area is 410 Å². The van der Waals surface area contributed by atoms with Gasteiger partial charge in [-0.2, -0.15) is 0 Å². The molecule has 0 radical (unpaired) electrons. The summed E-state index contributed by atoms with van der Waals surface area (Å²) in [5.74, 6) is 0. The minimum Gasteiger partial charge on any atom is -0.335 e. The van der Waals surface area contributed by atoms with Crippen molar-refractivity contribution in [3.8, 4) is 11.1 Å². The highest BCUT2D eigenvalue weighted by Crippen LogP contribution is 2.65. The highest BCUT2D eigenvalue weighted by Gasteiger charge is 2.62. The molecule has 4 heterocycles. The predicted octanol–water partition coefficient (Wildman–Crippen LogP) is 14.6. The van der Waals surface area contributed by atoms with Gasteiger partial charge < -0.3 is 14.7 Å². The van der Waals surface area contributed by atoms with Gasteiger partial charge in [0.25, 0.3) is 6.71 Å². The zero-order valence-electron chi connectivity index (χ0n) is 43.5. The minimum atomic E-state index is -1.58. The molecule has 6 aliphatic rings. The number of nitrogens with zero attached hydrogens (tertiary/aromatic N) is 3. The van der Waals surface area contributed by atoms with Crippen LogP contribution in [0.25, 0.3) is 11.1 Å². The van der Waals surface area contributed by atoms with E-state index in [9.17, 15) is 0 Å². The fourth-order valence-corrected chi connectivity index (χ4v) is 15.9. The van der Waals surface area contributed by atoms with E-state index in [-0.39, 0.29) is 39.5 Å². The zero-order chi connectivity index (χ0) is 47.7. The molecule has 0 saturated heterocycles. The Balaban J connectivity index is 1.23. The summed E-state index contributed by atoms with van der Waals surface area (Å²) in [5, 5.41) is 1.57. The zero-order valence-corrected chi connectivity index (χ0v) is 44.5. The molecular formula is C63H74BN3Si. The van der Waals surface area contributed by atoms with Gasteiger partial charge in [-0.3, -0.25) is 0 Å². The highest BCUT2D eigenvalue weighted by molar-refractivity contribution is 7.00. The Kier molecular flexibility index (Phi) is 9.30. The molecule has 4 unspecified atom stereocenters. The van der Waals surface area contributed by atoms with Crippen molar-refractivity contribution in [2.45, 2.75) is 173 Å². The van der Waals surface area contributed by atoms with Crippen molar-refractivity contribution < 1.29 is 0 Å². The number of fused-ring (bicyclic) bond motifs is 10. The summed E-state index contributed by atoms with van der Waals surface area (Å²) in [6, 6.07) is 46.8. The maximum atomic E-state index is 2.94. The first-order chi connectivity index (χ1) is 32.1. The van der Waals surface area contributed by atoms with E-state index in [1.807, 2.05) is 0 Å². The third kappa shape index (κ3) is 5.84. The van der Waals surface area contributed by atoms with E-state index in [0.29, 0.717) is 0 Å². The van der Waals surface area contributed by atoms with Crippen molar-refractivity contribution in [2.24, 2.45) is 0 Å². The number of benzene rings is 6. The predicted molar refractivity (Wildman–Crippen MR) is 297 cm³/mol. The second-order valence-electron chi connectivity index (χ2n) is 26.1. The molecule has 12 rings (SSSR count). The molecule has 2 saturated carbocycles. The van der Waals surface area contributed by atoms with Crippen LogP contribution in [0, 0.1) is 0 Å². The van der Waals surface area contributed by atoms with Gasteiger partial charge in [-0.15, -0.1) is 0 Å². The van der Waals surface area contributed by atoms with Crippen molar-refractivity contribution in [2.75, 3.05) is 14.7 Å². The van der Waals surface area contributed by atoms with Crippen molar-refractivity contribution in [1.29, 1.82) is 0 Å². The normalized spacial score (nSPS) is 25.7. The van der Waals surface area contributed by atoms with Gasteiger partial charge in [0.1, 0.15) is 0 Å². The van der Waals surface area contributed by atoms with Crippen molar-refractivity contribution >= 4 is 76.2 Å². The molecule has 4 aliphatic heterocycles. The smallest absolute Gasteiger partial charge is 0.252 e. The highest BCUT2D eigenvalue weighted by atomic mass is 28.3. The molecule has 4 atom stereocenters. The van der Waals surface area contributed by atoms with Crippen LogP contribution in [-0.4, -0.2) is 25.9 Å². The van der Waals surface area contributed by atoms with E-state index in [1.165, 1.54) is 130 Å². The van der Waals surface area contributed by atoms with Crippen molar-refractivity contribution in [1.82, 2.24) is 0 Å². The van der Waals surface area contributed by atoms with E-state index in [4.69, 9.17) is 0 Å². The second kappa shape index (κ2) is 14.3. The molecule has 0 aromatic heterocycles. The SMILES string of the molecule is CC(C)(C)c1ccc(N2c3cc(C(C)(C)C)ccc3B3c4cccc5c4N(c4cc(N6c7ccc([Si](C)(C)C)cc7C7(C)CCCCC67C)cc2c43)C2(C)CCCCC52C)c(-c2ccccc2)c1. The topological polar surface area (TPSA) is 9.72 Å². The average molecular weight is 912 g/mol. The molecule has 68 heavy (non-hydrogen) atoms. The van der Waals surface area contributed by atoms with Crippen molar-refractivity contribution in [3.05, 3.63) is 138 Å². The summed E-state index contributed by atoms with van der Waals surface area (Å²) in [7, 11) is -1.58. The Morgan fingerprint density at radius 1 is 0.500 bits per heavy atom. The Hall–Kier alpha value is -5.00. The van der Waals surface area contributed by atoms with E-state index < -0.39 is 8.07 Å². The lowest BCUT2D eigenvalue weighted by Crippen LogP contribution is -2.64. The summed E-state index contributed by atoms with van der Waals surface area (Å²) in [5.41, 5.74) is 22.2. The van der Waals surface area contributed by atoms with Gasteiger partial charge in [0, 0.05) is 50.5 Å². The van der Waals surface area contributed by atoms with Crippen LogP contribution in [-0.2, 0) is 21.7 Å². The van der Waals surface area contributed by atoms with Gasteiger partial charge in [-0.05, 0) is 131 Å². The summed E-state index contributed by atoms with van der Waals surface area (Å²) in [6.45, 7) is 32.4. The van der Waals surface area contributed by atoms with E-state index in [0.717, 1.165) is 0 Å². The van der Waals surface area contributed by atoms with Gasteiger partial charge in [-0.25, -0.2) is 0 Å². The first-order valence-corrected chi connectivity index (χ1v) is 29.8. The molecule has 3 nitrogen and oxygen atoms in total. The summed E-state index contributed by atoms with van der Waals surface area (Å²) in [6.07, 6.45) is 9.88. The Morgan fingerprint density at radius 2 is 1.10 bits per heavy atom. The lowest BCUT2D eigenvalue weighted by atomic mass is 9.33. The van der Waals surface area contributed by atoms with E-state index in [2.05, 4.69) is 219 Å². The van der Waals surface area contributed by atoms with Crippen LogP contribution in [0.2, 0.25) is 19.6 Å². The van der Waals surface area contributed by atoms with Gasteiger partial charge in [0.2, 0.25) is 0 Å².